The minimum Gasteiger partial charge on any atom is -0.497 e. The van der Waals surface area contributed by atoms with Crippen molar-refractivity contribution >= 4 is 50.6 Å². The number of halogens is 1. The van der Waals surface area contributed by atoms with Crippen LogP contribution in [0.4, 0.5) is 5.13 Å². The molecule has 0 bridgehead atoms. The summed E-state index contributed by atoms with van der Waals surface area (Å²) in [7, 11) is 1.65. The molecule has 0 atom stereocenters. The van der Waals surface area contributed by atoms with Crippen LogP contribution in [0.3, 0.4) is 0 Å². The highest BCUT2D eigenvalue weighted by Gasteiger charge is 2.26. The van der Waals surface area contributed by atoms with Gasteiger partial charge in [0.25, 0.3) is 5.91 Å². The lowest BCUT2D eigenvalue weighted by atomic mass is 10.2. The Morgan fingerprint density at radius 3 is 2.82 bits per heavy atom. The molecular formula is C24H28ClN5O3S. The molecule has 5 rings (SSSR count). The number of thiazole rings is 1. The molecule has 1 aromatic carbocycles. The van der Waals surface area contributed by atoms with Gasteiger partial charge < -0.3 is 9.47 Å². The maximum atomic E-state index is 13.9. The van der Waals surface area contributed by atoms with Crippen LogP contribution in [0.5, 0.6) is 5.75 Å². The van der Waals surface area contributed by atoms with Crippen LogP contribution in [0, 0.1) is 6.92 Å². The van der Waals surface area contributed by atoms with E-state index < -0.39 is 0 Å². The second-order valence-corrected chi connectivity index (χ2v) is 9.08. The van der Waals surface area contributed by atoms with Crippen LogP contribution < -0.4 is 9.64 Å². The van der Waals surface area contributed by atoms with E-state index in [9.17, 15) is 4.79 Å². The van der Waals surface area contributed by atoms with Gasteiger partial charge in [0.15, 0.2) is 5.13 Å². The molecule has 0 saturated carbocycles. The summed E-state index contributed by atoms with van der Waals surface area (Å²) in [6.45, 7) is 6.77. The maximum absolute atomic E-state index is 13.9. The Balaban J connectivity index is 0.00000274. The largest absolute Gasteiger partial charge is 0.497 e. The fraction of sp³-hybridized carbons (Fsp3) is 0.375. The van der Waals surface area contributed by atoms with Crippen LogP contribution in [0.15, 0.2) is 42.6 Å². The fourth-order valence-electron chi connectivity index (χ4n) is 4.20. The number of ether oxygens (including phenoxy) is 2. The molecule has 0 N–H and O–H groups in total. The topological polar surface area (TPSA) is 72.2 Å². The number of carbonyl (C=O) groups excluding carboxylic acids is 1. The highest BCUT2D eigenvalue weighted by molar-refractivity contribution is 7.22. The zero-order valence-electron chi connectivity index (χ0n) is 19.3. The smallest absolute Gasteiger partial charge is 0.278 e. The Hall–Kier alpha value is -2.72. The molecule has 10 heteroatoms. The first-order valence-electron chi connectivity index (χ1n) is 11.1. The van der Waals surface area contributed by atoms with Crippen molar-refractivity contribution in [2.75, 3.05) is 51.4 Å². The lowest BCUT2D eigenvalue weighted by Gasteiger charge is -2.27. The van der Waals surface area contributed by atoms with Crippen LogP contribution in [-0.2, 0) is 4.74 Å². The van der Waals surface area contributed by atoms with Gasteiger partial charge in [-0.05, 0) is 43.7 Å². The number of imidazole rings is 1. The number of amides is 1. The van der Waals surface area contributed by atoms with Gasteiger partial charge in [0.1, 0.15) is 17.1 Å². The number of nitrogens with zero attached hydrogens (tertiary/aromatic N) is 5. The lowest BCUT2D eigenvalue weighted by Crippen LogP contribution is -2.39. The van der Waals surface area contributed by atoms with Crippen molar-refractivity contribution in [1.82, 2.24) is 19.3 Å². The number of benzene rings is 1. The third-order valence-corrected chi connectivity index (χ3v) is 6.97. The first-order chi connectivity index (χ1) is 16.1. The van der Waals surface area contributed by atoms with Gasteiger partial charge in [0, 0.05) is 32.4 Å². The summed E-state index contributed by atoms with van der Waals surface area (Å²) >= 11 is 1.51. The van der Waals surface area contributed by atoms with Crippen molar-refractivity contribution in [3.05, 3.63) is 54.0 Å². The summed E-state index contributed by atoms with van der Waals surface area (Å²) in [5.41, 5.74) is 2.92. The molecule has 4 heterocycles. The van der Waals surface area contributed by atoms with Crippen LogP contribution >= 0.6 is 23.7 Å². The Bertz CT molecular complexity index is 1280. The second-order valence-electron chi connectivity index (χ2n) is 8.07. The van der Waals surface area contributed by atoms with Crippen LogP contribution in [0.25, 0.3) is 15.9 Å². The number of morpholine rings is 1. The Kier molecular flexibility index (Phi) is 7.67. The molecule has 3 aromatic heterocycles. The number of pyridine rings is 1. The molecule has 0 spiro atoms. The quantitative estimate of drug-likeness (QED) is 0.380. The van der Waals surface area contributed by atoms with Gasteiger partial charge in [0.2, 0.25) is 0 Å². The molecule has 0 radical (unpaired) electrons. The number of hydrogen-bond donors (Lipinski definition) is 0. The predicted octanol–water partition coefficient (Wildman–Crippen LogP) is 4.05. The highest BCUT2D eigenvalue weighted by atomic mass is 35.5. The van der Waals surface area contributed by atoms with Crippen molar-refractivity contribution in [3.8, 4) is 5.75 Å². The molecule has 34 heavy (non-hydrogen) atoms. The summed E-state index contributed by atoms with van der Waals surface area (Å²) in [6.07, 6.45) is 2.73. The van der Waals surface area contributed by atoms with E-state index in [0.717, 1.165) is 60.9 Å². The van der Waals surface area contributed by atoms with Gasteiger partial charge in [0.05, 0.1) is 36.2 Å². The lowest BCUT2D eigenvalue weighted by molar-refractivity contribution is 0.0376. The molecule has 180 valence electrons. The first-order valence-corrected chi connectivity index (χ1v) is 12.0. The summed E-state index contributed by atoms with van der Waals surface area (Å²) in [5, 5.41) is 0.690. The highest BCUT2D eigenvalue weighted by Crippen LogP contribution is 2.32. The summed E-state index contributed by atoms with van der Waals surface area (Å²) < 4.78 is 13.7. The maximum Gasteiger partial charge on any atom is 0.278 e. The third kappa shape index (κ3) is 4.88. The van der Waals surface area contributed by atoms with E-state index in [1.165, 1.54) is 11.3 Å². The standard InChI is InChI=1S/C24H27N5O3S.ClH/c1-17-22(28-10-4-3-6-21(28)25-17)23(30)29(11-5-9-27-12-14-32-15-13-27)24-26-19-8-7-18(31-2)16-20(19)33-24;/h3-4,6-8,10,16H,5,9,11-15H2,1-2H3;1H. The van der Waals surface area contributed by atoms with E-state index in [2.05, 4.69) is 9.88 Å². The first kappa shape index (κ1) is 24.4. The third-order valence-electron chi connectivity index (χ3n) is 5.93. The number of aryl methyl sites for hydroxylation is 1. The van der Waals surface area contributed by atoms with Crippen LogP contribution in [-0.4, -0.2) is 71.7 Å². The summed E-state index contributed by atoms with van der Waals surface area (Å²) in [5.74, 6) is 0.694. The second kappa shape index (κ2) is 10.7. The average Bonchev–Trinajstić information content (AvgIpc) is 3.41. The molecule has 0 unspecified atom stereocenters. The van der Waals surface area contributed by atoms with E-state index in [1.807, 2.05) is 53.9 Å². The Labute approximate surface area is 208 Å². The number of methoxy groups -OCH3 is 1. The summed E-state index contributed by atoms with van der Waals surface area (Å²) in [4.78, 5) is 27.5. The van der Waals surface area contributed by atoms with E-state index in [0.29, 0.717) is 23.1 Å². The average molecular weight is 502 g/mol. The number of carbonyl (C=O) groups is 1. The van der Waals surface area contributed by atoms with Crippen molar-refractivity contribution in [2.45, 2.75) is 13.3 Å². The van der Waals surface area contributed by atoms with Crippen molar-refractivity contribution in [2.24, 2.45) is 0 Å². The Morgan fingerprint density at radius 2 is 2.03 bits per heavy atom. The van der Waals surface area contributed by atoms with Gasteiger partial charge in [-0.2, -0.15) is 0 Å². The minimum absolute atomic E-state index is 0. The van der Waals surface area contributed by atoms with E-state index in [1.54, 1.807) is 12.0 Å². The van der Waals surface area contributed by atoms with E-state index in [-0.39, 0.29) is 18.3 Å². The molecule has 1 amide bonds. The number of anilines is 1. The molecular weight excluding hydrogens is 474 g/mol. The molecule has 8 nitrogen and oxygen atoms in total. The zero-order valence-corrected chi connectivity index (χ0v) is 20.9. The molecule has 0 aliphatic carbocycles. The van der Waals surface area contributed by atoms with Gasteiger partial charge in [-0.15, -0.1) is 12.4 Å². The van der Waals surface area contributed by atoms with Crippen molar-refractivity contribution in [3.63, 3.8) is 0 Å². The molecule has 1 fully saturated rings. The van der Waals surface area contributed by atoms with Crippen molar-refractivity contribution in [1.29, 1.82) is 0 Å². The van der Waals surface area contributed by atoms with Crippen molar-refractivity contribution < 1.29 is 14.3 Å². The summed E-state index contributed by atoms with van der Waals surface area (Å²) in [6, 6.07) is 11.5. The van der Waals surface area contributed by atoms with Crippen LogP contribution in [0.1, 0.15) is 22.6 Å². The molecule has 4 aromatic rings. The molecule has 1 saturated heterocycles. The predicted molar refractivity (Wildman–Crippen MR) is 137 cm³/mol. The fourth-order valence-corrected chi connectivity index (χ4v) is 5.21. The molecule has 1 aliphatic heterocycles. The minimum atomic E-state index is -0.0841. The van der Waals surface area contributed by atoms with Gasteiger partial charge in [-0.3, -0.25) is 19.0 Å². The van der Waals surface area contributed by atoms with Gasteiger partial charge in [-0.25, -0.2) is 9.97 Å². The van der Waals surface area contributed by atoms with Gasteiger partial charge >= 0.3 is 0 Å². The van der Waals surface area contributed by atoms with Crippen LogP contribution in [0.2, 0.25) is 0 Å². The monoisotopic (exact) mass is 501 g/mol. The zero-order chi connectivity index (χ0) is 22.8. The number of aromatic nitrogens is 3. The van der Waals surface area contributed by atoms with E-state index in [4.69, 9.17) is 14.5 Å². The van der Waals surface area contributed by atoms with E-state index >= 15 is 0 Å². The SMILES string of the molecule is COc1ccc2nc(N(CCCN3CCOCC3)C(=O)c3c(C)nc4ccccn34)sc2c1.Cl. The number of fused-ring (bicyclic) bond motifs is 2. The van der Waals surface area contributed by atoms with Gasteiger partial charge in [-0.1, -0.05) is 17.4 Å². The Morgan fingerprint density at radius 1 is 1.21 bits per heavy atom. The normalized spacial score (nSPS) is 14.3. The number of hydrogen-bond acceptors (Lipinski definition) is 7. The number of rotatable bonds is 7. The molecule has 1 aliphatic rings.